The first kappa shape index (κ1) is 21.2. The largest absolute Gasteiger partial charge is 0.371 e. The first-order valence-electron chi connectivity index (χ1n) is 9.95. The van der Waals surface area contributed by atoms with Crippen molar-refractivity contribution in [1.29, 1.82) is 0 Å². The molecule has 0 bridgehead atoms. The van der Waals surface area contributed by atoms with Crippen molar-refractivity contribution in [3.63, 3.8) is 0 Å². The molecular formula is C25H22IrN5-. The van der Waals surface area contributed by atoms with Crippen molar-refractivity contribution >= 4 is 11.0 Å². The molecule has 0 aliphatic heterocycles. The average Bonchev–Trinajstić information content (AvgIpc) is 3.33. The summed E-state index contributed by atoms with van der Waals surface area (Å²) in [6, 6.07) is 22.2. The number of benzene rings is 3. The first-order chi connectivity index (χ1) is 14.5. The maximum atomic E-state index is 4.65. The fourth-order valence-corrected chi connectivity index (χ4v) is 4.06. The Balaban J connectivity index is 0.00000231. The van der Waals surface area contributed by atoms with Gasteiger partial charge < -0.3 is 4.57 Å². The van der Waals surface area contributed by atoms with Gasteiger partial charge in [-0.05, 0) is 60.7 Å². The minimum atomic E-state index is 0. The van der Waals surface area contributed by atoms with Crippen LogP contribution in [0, 0.1) is 26.8 Å². The van der Waals surface area contributed by atoms with E-state index in [9.17, 15) is 0 Å². The van der Waals surface area contributed by atoms with Crippen LogP contribution >= 0.6 is 0 Å². The number of fused-ring (bicyclic) bond motifs is 1. The second-order valence-corrected chi connectivity index (χ2v) is 7.66. The van der Waals surface area contributed by atoms with Crippen molar-refractivity contribution < 1.29 is 20.1 Å². The van der Waals surface area contributed by atoms with Gasteiger partial charge >= 0.3 is 0 Å². The van der Waals surface area contributed by atoms with E-state index in [1.165, 1.54) is 11.1 Å². The standard InChI is InChI=1S/C25H22N5.Ir/c1-16-12-21(19-8-6-5-7-9-19)13-17(2)24(16)30-25(26-15-27-30)20-10-11-23-22(14-20)28-18(3)29(23)4;/h5-9,11-15H,1-4H3;/q-1;. The smallest absolute Gasteiger partial charge is 0.127 e. The molecule has 0 saturated heterocycles. The van der Waals surface area contributed by atoms with Gasteiger partial charge in [-0.1, -0.05) is 30.3 Å². The van der Waals surface area contributed by atoms with E-state index in [1.54, 1.807) is 6.33 Å². The molecule has 5 nitrogen and oxygen atoms in total. The Kier molecular flexibility index (Phi) is 5.61. The average molecular weight is 585 g/mol. The van der Waals surface area contributed by atoms with E-state index in [4.69, 9.17) is 0 Å². The van der Waals surface area contributed by atoms with Gasteiger partial charge in [0.15, 0.2) is 0 Å². The summed E-state index contributed by atoms with van der Waals surface area (Å²) in [6.07, 6.45) is 1.60. The molecule has 31 heavy (non-hydrogen) atoms. The van der Waals surface area contributed by atoms with Crippen LogP contribution < -0.4 is 0 Å². The van der Waals surface area contributed by atoms with Crippen LogP contribution in [0.3, 0.4) is 0 Å². The van der Waals surface area contributed by atoms with Gasteiger partial charge in [0.05, 0.1) is 17.3 Å². The Morgan fingerprint density at radius 3 is 2.32 bits per heavy atom. The molecule has 5 rings (SSSR count). The topological polar surface area (TPSA) is 48.5 Å². The van der Waals surface area contributed by atoms with E-state index in [0.29, 0.717) is 0 Å². The minimum absolute atomic E-state index is 0. The second-order valence-electron chi connectivity index (χ2n) is 7.66. The molecule has 0 unspecified atom stereocenters. The molecule has 0 spiro atoms. The van der Waals surface area contributed by atoms with Gasteiger partial charge in [-0.2, -0.15) is 5.10 Å². The van der Waals surface area contributed by atoms with E-state index < -0.39 is 0 Å². The molecule has 157 valence electrons. The third kappa shape index (κ3) is 3.62. The van der Waals surface area contributed by atoms with Crippen molar-refractivity contribution in [2.75, 3.05) is 0 Å². The summed E-state index contributed by atoms with van der Waals surface area (Å²) in [5, 5.41) is 4.55. The molecule has 2 aromatic heterocycles. The molecule has 0 fully saturated rings. The van der Waals surface area contributed by atoms with E-state index in [-0.39, 0.29) is 20.1 Å². The number of hydrogen-bond acceptors (Lipinski definition) is 3. The summed E-state index contributed by atoms with van der Waals surface area (Å²) >= 11 is 0. The predicted octanol–water partition coefficient (Wildman–Crippen LogP) is 5.21. The molecule has 2 heterocycles. The van der Waals surface area contributed by atoms with Crippen molar-refractivity contribution in [3.05, 3.63) is 83.9 Å². The van der Waals surface area contributed by atoms with Crippen LogP contribution in [0.15, 0.2) is 60.9 Å². The van der Waals surface area contributed by atoms with Gasteiger partial charge in [0.1, 0.15) is 6.33 Å². The summed E-state index contributed by atoms with van der Waals surface area (Å²) < 4.78 is 3.98. The Labute approximate surface area is 195 Å². The molecule has 0 atom stereocenters. The summed E-state index contributed by atoms with van der Waals surface area (Å²) in [5.41, 5.74) is 8.63. The zero-order valence-electron chi connectivity index (χ0n) is 17.8. The van der Waals surface area contributed by atoms with E-state index >= 15 is 0 Å². The summed E-state index contributed by atoms with van der Waals surface area (Å²) in [6.45, 7) is 6.24. The number of imidazole rings is 1. The Morgan fingerprint density at radius 2 is 1.61 bits per heavy atom. The molecule has 1 radical (unpaired) electrons. The van der Waals surface area contributed by atoms with Crippen LogP contribution in [0.25, 0.3) is 39.2 Å². The third-order valence-corrected chi connectivity index (χ3v) is 5.64. The number of rotatable bonds is 3. The number of nitrogens with zero attached hydrogens (tertiary/aromatic N) is 5. The van der Waals surface area contributed by atoms with Crippen molar-refractivity contribution in [1.82, 2.24) is 24.3 Å². The third-order valence-electron chi connectivity index (χ3n) is 5.64. The zero-order valence-corrected chi connectivity index (χ0v) is 20.2. The zero-order chi connectivity index (χ0) is 20.8. The predicted molar refractivity (Wildman–Crippen MR) is 120 cm³/mol. The second kappa shape index (κ2) is 8.22. The molecule has 0 aliphatic carbocycles. The van der Waals surface area contributed by atoms with Gasteiger partial charge in [-0.3, -0.25) is 14.6 Å². The van der Waals surface area contributed by atoms with Gasteiger partial charge in [0, 0.05) is 32.7 Å². The molecule has 5 aromatic rings. The van der Waals surface area contributed by atoms with E-state index in [1.807, 2.05) is 36.9 Å². The SMILES string of the molecule is Cc1cc(-c2ccccc2)cc(C)c1-n1ncnc1-c1[c-]cc2c(c1)nc(C)n2C.[Ir]. The van der Waals surface area contributed by atoms with Crippen LogP contribution in [-0.2, 0) is 27.2 Å². The normalized spacial score (nSPS) is 11.0. The quantitative estimate of drug-likeness (QED) is 0.274. The maximum absolute atomic E-state index is 4.65. The van der Waals surface area contributed by atoms with Gasteiger partial charge in [0.2, 0.25) is 0 Å². The summed E-state index contributed by atoms with van der Waals surface area (Å²) in [7, 11) is 2.02. The van der Waals surface area contributed by atoms with Gasteiger partial charge in [-0.15, -0.1) is 23.8 Å². The molecule has 0 amide bonds. The first-order valence-corrected chi connectivity index (χ1v) is 9.95. The van der Waals surface area contributed by atoms with Crippen LogP contribution in [0.1, 0.15) is 17.0 Å². The monoisotopic (exact) mass is 585 g/mol. The fourth-order valence-electron chi connectivity index (χ4n) is 4.06. The summed E-state index contributed by atoms with van der Waals surface area (Å²) in [5.74, 6) is 1.74. The minimum Gasteiger partial charge on any atom is -0.371 e. The summed E-state index contributed by atoms with van der Waals surface area (Å²) in [4.78, 5) is 9.20. The number of hydrogen-bond donors (Lipinski definition) is 0. The van der Waals surface area contributed by atoms with Gasteiger partial charge in [0.25, 0.3) is 0 Å². The van der Waals surface area contributed by atoms with Crippen molar-refractivity contribution in [2.24, 2.45) is 7.05 Å². The number of aryl methyl sites for hydroxylation is 4. The Morgan fingerprint density at radius 1 is 0.903 bits per heavy atom. The van der Waals surface area contributed by atoms with Crippen LogP contribution in [0.5, 0.6) is 0 Å². The Bertz CT molecular complexity index is 1360. The van der Waals surface area contributed by atoms with Crippen LogP contribution in [0.2, 0.25) is 0 Å². The van der Waals surface area contributed by atoms with E-state index in [2.05, 4.69) is 75.9 Å². The molecule has 0 N–H and O–H groups in total. The maximum Gasteiger partial charge on any atom is 0.127 e. The van der Waals surface area contributed by atoms with Gasteiger partial charge in [-0.25, -0.2) is 0 Å². The molecule has 3 aromatic carbocycles. The molecule has 6 heteroatoms. The van der Waals surface area contributed by atoms with Crippen LogP contribution in [0.4, 0.5) is 0 Å². The number of aromatic nitrogens is 5. The molecule has 0 saturated carbocycles. The fraction of sp³-hybridized carbons (Fsp3) is 0.160. The molecule has 0 aliphatic rings. The van der Waals surface area contributed by atoms with E-state index in [0.717, 1.165) is 45.1 Å². The van der Waals surface area contributed by atoms with Crippen molar-refractivity contribution in [2.45, 2.75) is 20.8 Å². The van der Waals surface area contributed by atoms with Crippen molar-refractivity contribution in [3.8, 4) is 28.2 Å². The van der Waals surface area contributed by atoms with Crippen LogP contribution in [-0.4, -0.2) is 24.3 Å². The Hall–Kier alpha value is -3.08. The molecular weight excluding hydrogens is 563 g/mol.